The van der Waals surface area contributed by atoms with E-state index in [0.29, 0.717) is 33.3 Å². The summed E-state index contributed by atoms with van der Waals surface area (Å²) in [5.74, 6) is -0.0969. The third-order valence-corrected chi connectivity index (χ3v) is 5.36. The molecule has 0 spiro atoms. The molecule has 0 N–H and O–H groups in total. The number of ether oxygens (including phenoxy) is 1. The fourth-order valence-electron chi connectivity index (χ4n) is 2.74. The monoisotopic (exact) mass is 392 g/mol. The molecule has 0 aliphatic heterocycles. The van der Waals surface area contributed by atoms with Crippen LogP contribution in [0.5, 0.6) is 0 Å². The van der Waals surface area contributed by atoms with Crippen molar-refractivity contribution in [1.82, 2.24) is 9.55 Å². The van der Waals surface area contributed by atoms with Crippen molar-refractivity contribution < 1.29 is 9.13 Å². The molecule has 0 aliphatic rings. The molecule has 4 nitrogen and oxygen atoms in total. The van der Waals surface area contributed by atoms with E-state index in [1.807, 2.05) is 19.1 Å². The number of para-hydroxylation sites is 1. The van der Waals surface area contributed by atoms with Crippen LogP contribution in [-0.2, 0) is 10.5 Å². The highest BCUT2D eigenvalue weighted by Crippen LogP contribution is 2.29. The molecule has 3 rings (SSSR count). The lowest BCUT2D eigenvalue weighted by Gasteiger charge is -2.19. The number of aromatic nitrogens is 2. The summed E-state index contributed by atoms with van der Waals surface area (Å²) in [6.07, 6.45) is 0. The van der Waals surface area contributed by atoms with Crippen LogP contribution in [0.2, 0.25) is 5.02 Å². The Bertz CT molecular complexity index is 973. The summed E-state index contributed by atoms with van der Waals surface area (Å²) in [5, 5.41) is 1.42. The van der Waals surface area contributed by atoms with Gasteiger partial charge in [0, 0.05) is 23.4 Å². The highest BCUT2D eigenvalue weighted by atomic mass is 35.5. The maximum absolute atomic E-state index is 14.1. The number of hydrogen-bond donors (Lipinski definition) is 0. The van der Waals surface area contributed by atoms with Crippen LogP contribution in [-0.4, -0.2) is 23.3 Å². The Morgan fingerprint density at radius 3 is 2.77 bits per heavy atom. The lowest BCUT2D eigenvalue weighted by Crippen LogP contribution is -2.28. The second-order valence-corrected chi connectivity index (χ2v) is 7.23. The number of fused-ring (bicyclic) bond motifs is 1. The third kappa shape index (κ3) is 3.77. The van der Waals surface area contributed by atoms with Crippen LogP contribution in [0.15, 0.2) is 52.4 Å². The van der Waals surface area contributed by atoms with E-state index < -0.39 is 0 Å². The van der Waals surface area contributed by atoms with Crippen molar-refractivity contribution in [2.24, 2.45) is 0 Å². The molecular formula is C19H18ClFN2O2S. The molecule has 1 heterocycles. The van der Waals surface area contributed by atoms with Crippen LogP contribution in [0.1, 0.15) is 18.5 Å². The van der Waals surface area contributed by atoms with E-state index in [2.05, 4.69) is 4.98 Å². The van der Waals surface area contributed by atoms with Crippen LogP contribution in [0.4, 0.5) is 4.39 Å². The molecule has 0 radical (unpaired) electrons. The third-order valence-electron chi connectivity index (χ3n) is 4.03. The van der Waals surface area contributed by atoms with E-state index in [1.54, 1.807) is 35.9 Å². The van der Waals surface area contributed by atoms with Gasteiger partial charge in [0.05, 0.1) is 23.6 Å². The molecule has 0 saturated carbocycles. The molecule has 0 bridgehead atoms. The van der Waals surface area contributed by atoms with Crippen molar-refractivity contribution in [2.45, 2.75) is 23.9 Å². The molecule has 0 unspecified atom stereocenters. The zero-order chi connectivity index (χ0) is 18.7. The predicted molar refractivity (Wildman–Crippen MR) is 104 cm³/mol. The summed E-state index contributed by atoms with van der Waals surface area (Å²) in [6.45, 7) is 2.26. The first-order chi connectivity index (χ1) is 12.5. The lowest BCUT2D eigenvalue weighted by molar-refractivity contribution is 0.156. The number of rotatable bonds is 6. The number of benzene rings is 2. The molecule has 7 heteroatoms. The SMILES string of the molecule is COC[C@@H](C)n1c(SCc2c(F)cccc2Cl)nc2ccccc2c1=O. The van der Waals surface area contributed by atoms with Gasteiger partial charge in [0.25, 0.3) is 5.56 Å². The Labute approximate surface area is 160 Å². The van der Waals surface area contributed by atoms with Gasteiger partial charge in [-0.15, -0.1) is 0 Å². The highest BCUT2D eigenvalue weighted by molar-refractivity contribution is 7.98. The fourth-order valence-corrected chi connectivity index (χ4v) is 4.18. The normalized spacial score (nSPS) is 12.5. The highest BCUT2D eigenvalue weighted by Gasteiger charge is 2.17. The van der Waals surface area contributed by atoms with Gasteiger partial charge in [-0.25, -0.2) is 9.37 Å². The number of hydrogen-bond acceptors (Lipinski definition) is 4. The van der Waals surface area contributed by atoms with Gasteiger partial charge in [0.2, 0.25) is 0 Å². The molecular weight excluding hydrogens is 375 g/mol. The summed E-state index contributed by atoms with van der Waals surface area (Å²) >= 11 is 7.40. The number of nitrogens with zero attached hydrogens (tertiary/aromatic N) is 2. The summed E-state index contributed by atoms with van der Waals surface area (Å²) < 4.78 is 20.9. The first-order valence-electron chi connectivity index (χ1n) is 8.08. The Morgan fingerprint density at radius 2 is 2.04 bits per heavy atom. The summed E-state index contributed by atoms with van der Waals surface area (Å²) in [4.78, 5) is 17.6. The summed E-state index contributed by atoms with van der Waals surface area (Å²) in [6, 6.07) is 11.6. The Morgan fingerprint density at radius 1 is 1.27 bits per heavy atom. The van der Waals surface area contributed by atoms with Crippen molar-refractivity contribution in [1.29, 1.82) is 0 Å². The maximum atomic E-state index is 14.1. The van der Waals surface area contributed by atoms with Crippen LogP contribution >= 0.6 is 23.4 Å². The minimum atomic E-state index is -0.371. The molecule has 1 atom stereocenters. The van der Waals surface area contributed by atoms with Crippen LogP contribution < -0.4 is 5.56 Å². The van der Waals surface area contributed by atoms with E-state index >= 15 is 0 Å². The number of halogens is 2. The lowest BCUT2D eigenvalue weighted by atomic mass is 10.2. The minimum absolute atomic E-state index is 0.137. The van der Waals surface area contributed by atoms with Gasteiger partial charge in [-0.2, -0.15) is 0 Å². The molecule has 136 valence electrons. The van der Waals surface area contributed by atoms with E-state index in [-0.39, 0.29) is 23.2 Å². The Hall–Kier alpha value is -1.89. The van der Waals surface area contributed by atoms with Crippen molar-refractivity contribution in [2.75, 3.05) is 13.7 Å². The first kappa shape index (κ1) is 18.9. The number of thioether (sulfide) groups is 1. The summed E-state index contributed by atoms with van der Waals surface area (Å²) in [5.41, 5.74) is 0.871. The van der Waals surface area contributed by atoms with E-state index in [9.17, 15) is 9.18 Å². The molecule has 0 aliphatic carbocycles. The molecule has 1 aromatic heterocycles. The zero-order valence-electron chi connectivity index (χ0n) is 14.4. The number of methoxy groups -OCH3 is 1. The van der Waals surface area contributed by atoms with Gasteiger partial charge >= 0.3 is 0 Å². The van der Waals surface area contributed by atoms with Crippen molar-refractivity contribution >= 4 is 34.3 Å². The average molecular weight is 393 g/mol. The molecule has 2 aromatic carbocycles. The van der Waals surface area contributed by atoms with Gasteiger partial charge in [0.1, 0.15) is 5.82 Å². The Balaban J connectivity index is 2.06. The standard InChI is InChI=1S/C19H18ClFN2O2S/c1-12(10-25-2)23-18(24)13-6-3-4-9-17(13)22-19(23)26-11-14-15(20)7-5-8-16(14)21/h3-9,12H,10-11H2,1-2H3/t12-/m1/s1. The molecule has 0 amide bonds. The van der Waals surface area contributed by atoms with E-state index in [0.717, 1.165) is 0 Å². The second kappa shape index (κ2) is 8.20. The van der Waals surface area contributed by atoms with Crippen LogP contribution in [0.3, 0.4) is 0 Å². The Kier molecular flexibility index (Phi) is 5.96. The first-order valence-corrected chi connectivity index (χ1v) is 9.45. The quantitative estimate of drug-likeness (QED) is 0.451. The van der Waals surface area contributed by atoms with Gasteiger partial charge < -0.3 is 4.74 Å². The van der Waals surface area contributed by atoms with Gasteiger partial charge in [-0.1, -0.05) is 41.6 Å². The van der Waals surface area contributed by atoms with Crippen LogP contribution in [0.25, 0.3) is 10.9 Å². The molecule has 26 heavy (non-hydrogen) atoms. The topological polar surface area (TPSA) is 44.1 Å². The van der Waals surface area contributed by atoms with Gasteiger partial charge in [-0.3, -0.25) is 9.36 Å². The van der Waals surface area contributed by atoms with Gasteiger partial charge in [-0.05, 0) is 31.2 Å². The minimum Gasteiger partial charge on any atom is -0.383 e. The predicted octanol–water partition coefficient (Wildman–Crippen LogP) is 4.69. The molecule has 0 fully saturated rings. The molecule has 0 saturated heterocycles. The maximum Gasteiger partial charge on any atom is 0.262 e. The zero-order valence-corrected chi connectivity index (χ0v) is 16.0. The van der Waals surface area contributed by atoms with E-state index in [4.69, 9.17) is 16.3 Å². The second-order valence-electron chi connectivity index (χ2n) is 5.88. The van der Waals surface area contributed by atoms with Crippen molar-refractivity contribution in [3.05, 3.63) is 69.2 Å². The fraction of sp³-hybridized carbons (Fsp3) is 0.263. The summed E-state index contributed by atoms with van der Waals surface area (Å²) in [7, 11) is 1.59. The average Bonchev–Trinajstić information content (AvgIpc) is 2.61. The largest absolute Gasteiger partial charge is 0.383 e. The van der Waals surface area contributed by atoms with E-state index in [1.165, 1.54) is 17.8 Å². The van der Waals surface area contributed by atoms with Gasteiger partial charge in [0.15, 0.2) is 5.16 Å². The smallest absolute Gasteiger partial charge is 0.262 e. The van der Waals surface area contributed by atoms with Crippen molar-refractivity contribution in [3.8, 4) is 0 Å². The van der Waals surface area contributed by atoms with Crippen LogP contribution in [0, 0.1) is 5.82 Å². The van der Waals surface area contributed by atoms with Crippen molar-refractivity contribution in [3.63, 3.8) is 0 Å². The molecule has 3 aromatic rings.